The Morgan fingerprint density at radius 1 is 1.03 bits per heavy atom. The van der Waals surface area contributed by atoms with Crippen LogP contribution in [-0.2, 0) is 11.2 Å². The van der Waals surface area contributed by atoms with Crippen LogP contribution in [0.5, 0.6) is 11.5 Å². The summed E-state index contributed by atoms with van der Waals surface area (Å²) >= 11 is 0. The number of aliphatic carboxylic acids is 1. The number of halogens is 2. The highest BCUT2D eigenvalue weighted by atomic mass is 19.1. The van der Waals surface area contributed by atoms with Crippen LogP contribution < -0.4 is 14.4 Å². The molecule has 3 aromatic carbocycles. The third-order valence-electron chi connectivity index (χ3n) is 5.28. The smallest absolute Gasteiger partial charge is 0.344 e. The molecule has 0 spiro atoms. The fourth-order valence-electron chi connectivity index (χ4n) is 3.42. The van der Waals surface area contributed by atoms with Gasteiger partial charge in [0.05, 0.1) is 6.54 Å². The number of nitrogens with zero attached hydrogens (tertiary/aromatic N) is 2. The molecule has 0 saturated carbocycles. The third-order valence-corrected chi connectivity index (χ3v) is 5.28. The molecule has 1 N–H and O–H groups in total. The fourth-order valence-corrected chi connectivity index (χ4v) is 3.42. The number of aromatic nitrogens is 1. The van der Waals surface area contributed by atoms with E-state index in [0.29, 0.717) is 48.1 Å². The van der Waals surface area contributed by atoms with Crippen molar-refractivity contribution < 1.29 is 32.6 Å². The van der Waals surface area contributed by atoms with Crippen molar-refractivity contribution in [3.63, 3.8) is 0 Å². The summed E-state index contributed by atoms with van der Waals surface area (Å²) in [6.07, 6.45) is -0.395. The number of rotatable bonds is 11. The number of carboxylic acids is 1. The monoisotopic (exact) mass is 482 g/mol. The molecule has 4 aromatic rings. The van der Waals surface area contributed by atoms with Crippen LogP contribution in [0.3, 0.4) is 0 Å². The Morgan fingerprint density at radius 2 is 1.80 bits per heavy atom. The van der Waals surface area contributed by atoms with Crippen molar-refractivity contribution in [3.05, 3.63) is 83.9 Å². The molecule has 0 saturated heterocycles. The molecule has 0 fully saturated rings. The van der Waals surface area contributed by atoms with Gasteiger partial charge in [-0.05, 0) is 67.4 Å². The quantitative estimate of drug-likeness (QED) is 0.319. The van der Waals surface area contributed by atoms with Crippen LogP contribution in [0.25, 0.3) is 11.1 Å². The van der Waals surface area contributed by atoms with E-state index in [0.717, 1.165) is 5.56 Å². The third kappa shape index (κ3) is 6.47. The average molecular weight is 482 g/mol. The molecular weight excluding hydrogens is 458 g/mol. The molecule has 0 aliphatic carbocycles. The summed E-state index contributed by atoms with van der Waals surface area (Å²) in [7, 11) is 0. The van der Waals surface area contributed by atoms with Gasteiger partial charge in [0.15, 0.2) is 11.7 Å². The first kappa shape index (κ1) is 24.0. The molecule has 1 heterocycles. The molecule has 4 rings (SSSR count). The van der Waals surface area contributed by atoms with E-state index in [2.05, 4.69) is 4.98 Å². The van der Waals surface area contributed by atoms with Crippen molar-refractivity contribution in [1.29, 1.82) is 0 Å². The molecule has 0 aliphatic rings. The highest BCUT2D eigenvalue weighted by molar-refractivity contribution is 5.74. The second-order valence-corrected chi connectivity index (χ2v) is 7.89. The van der Waals surface area contributed by atoms with Crippen LogP contribution in [0.4, 0.5) is 14.8 Å². The molecule has 0 bridgehead atoms. The maximum absolute atomic E-state index is 13.6. The van der Waals surface area contributed by atoms with Gasteiger partial charge in [-0.3, -0.25) is 0 Å². The Kier molecular flexibility index (Phi) is 7.45. The highest BCUT2D eigenvalue weighted by Crippen LogP contribution is 2.24. The zero-order valence-electron chi connectivity index (χ0n) is 19.0. The summed E-state index contributed by atoms with van der Waals surface area (Å²) in [5.74, 6) is -0.808. The average Bonchev–Trinajstić information content (AvgIpc) is 3.25. The number of oxazole rings is 1. The predicted octanol–water partition coefficient (Wildman–Crippen LogP) is 5.09. The van der Waals surface area contributed by atoms with Crippen molar-refractivity contribution in [2.24, 2.45) is 0 Å². The molecule has 182 valence electrons. The van der Waals surface area contributed by atoms with E-state index in [1.807, 2.05) is 11.0 Å². The number of carboxylic acid groups (broad SMARTS) is 1. The topological polar surface area (TPSA) is 85.0 Å². The lowest BCUT2D eigenvalue weighted by Gasteiger charge is -2.21. The SMILES string of the molecule is CC(Oc1cccc(CCN(CCOc2ccc(F)cc2)c2nc3cc(F)ccc3o2)c1)C(=O)O. The minimum absolute atomic E-state index is 0.276. The largest absolute Gasteiger partial charge is 0.492 e. The Balaban J connectivity index is 1.47. The predicted molar refractivity (Wildman–Crippen MR) is 126 cm³/mol. The Morgan fingerprint density at radius 3 is 2.57 bits per heavy atom. The number of hydrogen-bond acceptors (Lipinski definition) is 6. The molecule has 0 amide bonds. The molecule has 0 aliphatic heterocycles. The number of ether oxygens (including phenoxy) is 2. The maximum atomic E-state index is 13.6. The van der Waals surface area contributed by atoms with Gasteiger partial charge in [-0.25, -0.2) is 13.6 Å². The zero-order valence-corrected chi connectivity index (χ0v) is 19.0. The van der Waals surface area contributed by atoms with Gasteiger partial charge in [0.2, 0.25) is 0 Å². The minimum atomic E-state index is -1.05. The first-order valence-corrected chi connectivity index (χ1v) is 11.1. The van der Waals surface area contributed by atoms with Crippen LogP contribution in [0.15, 0.2) is 71.1 Å². The summed E-state index contributed by atoms with van der Waals surface area (Å²) in [5.41, 5.74) is 1.79. The molecule has 9 heteroatoms. The van der Waals surface area contributed by atoms with Crippen LogP contribution in [0, 0.1) is 11.6 Å². The molecule has 35 heavy (non-hydrogen) atoms. The molecule has 1 aromatic heterocycles. The number of hydrogen-bond donors (Lipinski definition) is 1. The lowest BCUT2D eigenvalue weighted by Crippen LogP contribution is -2.30. The zero-order chi connectivity index (χ0) is 24.8. The van der Waals surface area contributed by atoms with E-state index in [1.165, 1.54) is 37.3 Å². The summed E-state index contributed by atoms with van der Waals surface area (Å²) < 4.78 is 43.8. The molecule has 1 atom stereocenters. The van der Waals surface area contributed by atoms with E-state index >= 15 is 0 Å². The molecule has 0 radical (unpaired) electrons. The normalized spacial score (nSPS) is 11.9. The first-order valence-electron chi connectivity index (χ1n) is 11.1. The Labute approximate surface area is 200 Å². The van der Waals surface area contributed by atoms with Gasteiger partial charge in [0, 0.05) is 12.6 Å². The number of carbonyl (C=O) groups is 1. The van der Waals surface area contributed by atoms with E-state index < -0.39 is 17.9 Å². The lowest BCUT2D eigenvalue weighted by molar-refractivity contribution is -0.144. The minimum Gasteiger partial charge on any atom is -0.492 e. The second-order valence-electron chi connectivity index (χ2n) is 7.89. The van der Waals surface area contributed by atoms with Gasteiger partial charge in [-0.15, -0.1) is 0 Å². The van der Waals surface area contributed by atoms with Gasteiger partial charge in [0.25, 0.3) is 6.01 Å². The number of anilines is 1. The molecule has 7 nitrogen and oxygen atoms in total. The molecular formula is C26H24F2N2O5. The van der Waals surface area contributed by atoms with E-state index in [9.17, 15) is 13.6 Å². The van der Waals surface area contributed by atoms with Crippen molar-refractivity contribution in [2.75, 3.05) is 24.6 Å². The van der Waals surface area contributed by atoms with Gasteiger partial charge < -0.3 is 23.9 Å². The van der Waals surface area contributed by atoms with Crippen molar-refractivity contribution in [3.8, 4) is 11.5 Å². The summed E-state index contributed by atoms with van der Waals surface area (Å²) in [5, 5.41) is 9.07. The lowest BCUT2D eigenvalue weighted by atomic mass is 10.1. The Hall–Kier alpha value is -4.14. The number of benzene rings is 3. The standard InChI is InChI=1S/C26H24F2N2O5/c1-17(25(31)32)34-22-4-2-3-18(15-22)11-12-30(13-14-33-21-8-5-19(27)6-9-21)26-29-23-16-20(28)7-10-24(23)35-26/h2-10,15-17H,11-14H2,1H3,(H,31,32). The molecule has 1 unspecified atom stereocenters. The van der Waals surface area contributed by atoms with Crippen LogP contribution in [0.1, 0.15) is 12.5 Å². The van der Waals surface area contributed by atoms with Gasteiger partial charge >= 0.3 is 5.97 Å². The van der Waals surface area contributed by atoms with Crippen LogP contribution in [0.2, 0.25) is 0 Å². The highest BCUT2D eigenvalue weighted by Gasteiger charge is 2.16. The van der Waals surface area contributed by atoms with Gasteiger partial charge in [-0.2, -0.15) is 4.98 Å². The van der Waals surface area contributed by atoms with Gasteiger partial charge in [-0.1, -0.05) is 12.1 Å². The fraction of sp³-hybridized carbons (Fsp3) is 0.231. The first-order chi connectivity index (χ1) is 16.9. The van der Waals surface area contributed by atoms with Gasteiger partial charge in [0.1, 0.15) is 35.3 Å². The van der Waals surface area contributed by atoms with Crippen molar-refractivity contribution >= 4 is 23.1 Å². The second kappa shape index (κ2) is 10.9. The van der Waals surface area contributed by atoms with Crippen LogP contribution in [-0.4, -0.2) is 41.9 Å². The van der Waals surface area contributed by atoms with Crippen LogP contribution >= 0.6 is 0 Å². The van der Waals surface area contributed by atoms with E-state index in [1.54, 1.807) is 30.3 Å². The summed E-state index contributed by atoms with van der Waals surface area (Å²) in [6, 6.07) is 17.4. The van der Waals surface area contributed by atoms with Crippen molar-refractivity contribution in [2.45, 2.75) is 19.4 Å². The van der Waals surface area contributed by atoms with E-state index in [-0.39, 0.29) is 12.4 Å². The maximum Gasteiger partial charge on any atom is 0.344 e. The summed E-state index contributed by atoms with van der Waals surface area (Å²) in [6.45, 7) is 2.63. The van der Waals surface area contributed by atoms with Crippen molar-refractivity contribution in [1.82, 2.24) is 4.98 Å². The van der Waals surface area contributed by atoms with E-state index in [4.69, 9.17) is 19.0 Å². The number of fused-ring (bicyclic) bond motifs is 1. The summed E-state index contributed by atoms with van der Waals surface area (Å²) in [4.78, 5) is 17.4. The Bertz CT molecular complexity index is 1290.